The molecule has 0 saturated carbocycles. The summed E-state index contributed by atoms with van der Waals surface area (Å²) in [6.07, 6.45) is 0.0445. The molecule has 0 aliphatic rings. The van der Waals surface area contributed by atoms with Crippen molar-refractivity contribution < 1.29 is 9.47 Å². The number of hydrogen-bond acceptors (Lipinski definition) is 5. The number of para-hydroxylation sites is 1. The minimum atomic E-state index is 0.0445. The molecule has 0 amide bonds. The molecular formula is C13H18N2O2S. The quantitative estimate of drug-likeness (QED) is 0.873. The van der Waals surface area contributed by atoms with Crippen LogP contribution in [0.2, 0.25) is 0 Å². The van der Waals surface area contributed by atoms with Crippen molar-refractivity contribution >= 4 is 26.7 Å². The van der Waals surface area contributed by atoms with Gasteiger partial charge in [0.2, 0.25) is 0 Å². The number of aryl methyl sites for hydroxylation is 1. The fourth-order valence-corrected chi connectivity index (χ4v) is 2.71. The number of anilines is 1. The molecule has 2 aromatic rings. The number of methoxy groups -OCH3 is 2. The highest BCUT2D eigenvalue weighted by molar-refractivity contribution is 7.22. The number of ether oxygens (including phenoxy) is 2. The molecule has 1 atom stereocenters. The van der Waals surface area contributed by atoms with Crippen LogP contribution in [0.3, 0.4) is 0 Å². The lowest BCUT2D eigenvalue weighted by Crippen LogP contribution is -2.26. The highest BCUT2D eigenvalue weighted by Crippen LogP contribution is 2.27. The average molecular weight is 266 g/mol. The third kappa shape index (κ3) is 2.98. The first kappa shape index (κ1) is 13.3. The van der Waals surface area contributed by atoms with Crippen molar-refractivity contribution in [3.05, 3.63) is 23.8 Å². The van der Waals surface area contributed by atoms with Crippen LogP contribution < -0.4 is 5.32 Å². The highest BCUT2D eigenvalue weighted by atomic mass is 32.1. The van der Waals surface area contributed by atoms with E-state index in [1.807, 2.05) is 0 Å². The summed E-state index contributed by atoms with van der Waals surface area (Å²) < 4.78 is 11.6. The second-order valence-corrected chi connectivity index (χ2v) is 5.17. The Bertz CT molecular complexity index is 513. The van der Waals surface area contributed by atoms with Gasteiger partial charge in [-0.2, -0.15) is 0 Å². The molecule has 0 aliphatic heterocycles. The predicted molar refractivity (Wildman–Crippen MR) is 75.5 cm³/mol. The van der Waals surface area contributed by atoms with E-state index in [-0.39, 0.29) is 6.10 Å². The van der Waals surface area contributed by atoms with E-state index >= 15 is 0 Å². The SMILES string of the molecule is COCC(CNc1nc2c(C)cccc2s1)OC. The maximum atomic E-state index is 5.30. The van der Waals surface area contributed by atoms with Crippen molar-refractivity contribution in [2.45, 2.75) is 13.0 Å². The molecule has 4 nitrogen and oxygen atoms in total. The maximum absolute atomic E-state index is 5.30. The Balaban J connectivity index is 2.06. The zero-order chi connectivity index (χ0) is 13.0. The molecule has 1 N–H and O–H groups in total. The zero-order valence-electron chi connectivity index (χ0n) is 10.9. The molecule has 0 saturated heterocycles. The molecule has 1 unspecified atom stereocenters. The lowest BCUT2D eigenvalue weighted by atomic mass is 10.2. The van der Waals surface area contributed by atoms with E-state index < -0.39 is 0 Å². The van der Waals surface area contributed by atoms with E-state index in [2.05, 4.69) is 35.4 Å². The van der Waals surface area contributed by atoms with Gasteiger partial charge in [-0.1, -0.05) is 23.5 Å². The van der Waals surface area contributed by atoms with Crippen molar-refractivity contribution in [2.75, 3.05) is 32.7 Å². The van der Waals surface area contributed by atoms with Crippen molar-refractivity contribution in [3.8, 4) is 0 Å². The number of rotatable bonds is 6. The standard InChI is InChI=1S/C13H18N2O2S/c1-9-5-4-6-11-12(9)15-13(18-11)14-7-10(17-3)8-16-2/h4-6,10H,7-8H2,1-3H3,(H,14,15). The fourth-order valence-electron chi connectivity index (χ4n) is 1.76. The highest BCUT2D eigenvalue weighted by Gasteiger charge is 2.09. The molecule has 5 heteroatoms. The Hall–Kier alpha value is -1.17. The molecule has 0 bridgehead atoms. The molecule has 0 fully saturated rings. The van der Waals surface area contributed by atoms with E-state index in [0.29, 0.717) is 13.2 Å². The molecule has 0 radical (unpaired) electrons. The predicted octanol–water partition coefficient (Wildman–Crippen LogP) is 2.68. The van der Waals surface area contributed by atoms with Crippen LogP contribution in [0.15, 0.2) is 18.2 Å². The average Bonchev–Trinajstić information content (AvgIpc) is 2.79. The van der Waals surface area contributed by atoms with Crippen LogP contribution in [-0.4, -0.2) is 38.5 Å². The first-order valence-corrected chi connectivity index (χ1v) is 6.68. The monoisotopic (exact) mass is 266 g/mol. The minimum absolute atomic E-state index is 0.0445. The molecular weight excluding hydrogens is 248 g/mol. The number of nitrogens with one attached hydrogen (secondary N) is 1. The first-order chi connectivity index (χ1) is 8.74. The van der Waals surface area contributed by atoms with Gasteiger partial charge in [-0.25, -0.2) is 4.98 Å². The largest absolute Gasteiger partial charge is 0.382 e. The normalized spacial score (nSPS) is 12.8. The van der Waals surface area contributed by atoms with E-state index in [0.717, 1.165) is 10.6 Å². The van der Waals surface area contributed by atoms with E-state index in [9.17, 15) is 0 Å². The molecule has 18 heavy (non-hydrogen) atoms. The summed E-state index contributed by atoms with van der Waals surface area (Å²) in [7, 11) is 3.36. The van der Waals surface area contributed by atoms with Crippen LogP contribution in [0.25, 0.3) is 10.2 Å². The third-order valence-electron chi connectivity index (χ3n) is 2.79. The molecule has 1 aromatic carbocycles. The van der Waals surface area contributed by atoms with Gasteiger partial charge >= 0.3 is 0 Å². The van der Waals surface area contributed by atoms with Crippen LogP contribution >= 0.6 is 11.3 Å². The summed E-state index contributed by atoms with van der Waals surface area (Å²) in [6, 6.07) is 6.23. The second kappa shape index (κ2) is 6.13. The van der Waals surface area contributed by atoms with Crippen LogP contribution in [0.4, 0.5) is 5.13 Å². The van der Waals surface area contributed by atoms with E-state index in [1.165, 1.54) is 10.3 Å². The number of benzene rings is 1. The maximum Gasteiger partial charge on any atom is 0.183 e. The summed E-state index contributed by atoms with van der Waals surface area (Å²) in [5.41, 5.74) is 2.28. The number of hydrogen-bond donors (Lipinski definition) is 1. The van der Waals surface area contributed by atoms with Gasteiger partial charge in [0.15, 0.2) is 5.13 Å². The number of thiazole rings is 1. The Morgan fingerprint density at radius 3 is 2.89 bits per heavy atom. The van der Waals surface area contributed by atoms with Gasteiger partial charge in [0.1, 0.15) is 0 Å². The van der Waals surface area contributed by atoms with Gasteiger partial charge in [-0.05, 0) is 18.6 Å². The number of aromatic nitrogens is 1. The topological polar surface area (TPSA) is 43.4 Å². The minimum Gasteiger partial charge on any atom is -0.382 e. The number of fused-ring (bicyclic) bond motifs is 1. The molecule has 0 spiro atoms. The molecule has 98 valence electrons. The van der Waals surface area contributed by atoms with Gasteiger partial charge in [0.25, 0.3) is 0 Å². The lowest BCUT2D eigenvalue weighted by Gasteiger charge is -2.14. The molecule has 1 aromatic heterocycles. The number of nitrogens with zero attached hydrogens (tertiary/aromatic N) is 1. The van der Waals surface area contributed by atoms with Gasteiger partial charge in [-0.3, -0.25) is 0 Å². The van der Waals surface area contributed by atoms with E-state index in [1.54, 1.807) is 25.6 Å². The van der Waals surface area contributed by atoms with Crippen molar-refractivity contribution in [3.63, 3.8) is 0 Å². The van der Waals surface area contributed by atoms with Crippen molar-refractivity contribution in [2.24, 2.45) is 0 Å². The molecule has 1 heterocycles. The van der Waals surface area contributed by atoms with Gasteiger partial charge in [-0.15, -0.1) is 0 Å². The first-order valence-electron chi connectivity index (χ1n) is 5.86. The van der Waals surface area contributed by atoms with Crippen molar-refractivity contribution in [1.82, 2.24) is 4.98 Å². The Morgan fingerprint density at radius 2 is 2.22 bits per heavy atom. The summed E-state index contributed by atoms with van der Waals surface area (Å²) >= 11 is 1.66. The lowest BCUT2D eigenvalue weighted by molar-refractivity contribution is 0.0365. The summed E-state index contributed by atoms with van der Waals surface area (Å²) in [5, 5.41) is 4.23. The van der Waals surface area contributed by atoms with Crippen LogP contribution in [0.1, 0.15) is 5.56 Å². The summed E-state index contributed by atoms with van der Waals surface area (Å²) in [4.78, 5) is 4.59. The summed E-state index contributed by atoms with van der Waals surface area (Å²) in [6.45, 7) is 3.35. The Labute approximate surface area is 111 Å². The van der Waals surface area contributed by atoms with Crippen molar-refractivity contribution in [1.29, 1.82) is 0 Å². The Morgan fingerprint density at radius 1 is 1.39 bits per heavy atom. The molecule has 2 rings (SSSR count). The second-order valence-electron chi connectivity index (χ2n) is 4.13. The fraction of sp³-hybridized carbons (Fsp3) is 0.462. The Kier molecular flexibility index (Phi) is 4.52. The van der Waals surface area contributed by atoms with Gasteiger partial charge < -0.3 is 14.8 Å². The van der Waals surface area contributed by atoms with Crippen LogP contribution in [0, 0.1) is 6.92 Å². The molecule has 0 aliphatic carbocycles. The van der Waals surface area contributed by atoms with Gasteiger partial charge in [0, 0.05) is 20.8 Å². The van der Waals surface area contributed by atoms with Crippen LogP contribution in [0.5, 0.6) is 0 Å². The van der Waals surface area contributed by atoms with Gasteiger partial charge in [0.05, 0.1) is 22.9 Å². The third-order valence-corrected chi connectivity index (χ3v) is 3.77. The zero-order valence-corrected chi connectivity index (χ0v) is 11.7. The smallest absolute Gasteiger partial charge is 0.183 e. The van der Waals surface area contributed by atoms with E-state index in [4.69, 9.17) is 9.47 Å². The van der Waals surface area contributed by atoms with Crippen LogP contribution in [-0.2, 0) is 9.47 Å². The summed E-state index contributed by atoms with van der Waals surface area (Å²) in [5.74, 6) is 0.